The number of para-hydroxylation sites is 1. The number of hydrogen-bond donors (Lipinski definition) is 1. The first-order chi connectivity index (χ1) is 13.1. The summed E-state index contributed by atoms with van der Waals surface area (Å²) in [5.41, 5.74) is 1.73. The fourth-order valence-corrected chi connectivity index (χ4v) is 2.56. The highest BCUT2D eigenvalue weighted by molar-refractivity contribution is 9.10. The second kappa shape index (κ2) is 11.2. The number of halogens is 1. The largest absolute Gasteiger partial charge is 0.488 e. The van der Waals surface area contributed by atoms with Crippen molar-refractivity contribution in [2.24, 2.45) is 0 Å². The van der Waals surface area contributed by atoms with Gasteiger partial charge < -0.3 is 14.8 Å². The Morgan fingerprint density at radius 3 is 2.67 bits per heavy atom. The predicted octanol–water partition coefficient (Wildman–Crippen LogP) is 4.09. The van der Waals surface area contributed by atoms with Crippen LogP contribution in [0.1, 0.15) is 17.5 Å². The molecular weight excluding hydrogens is 408 g/mol. The Balaban J connectivity index is 2.08. The van der Waals surface area contributed by atoms with E-state index in [0.29, 0.717) is 37.5 Å². The molecule has 0 fully saturated rings. The molecule has 0 bridgehead atoms. The van der Waals surface area contributed by atoms with Crippen LogP contribution in [0.2, 0.25) is 0 Å². The second-order valence-corrected chi connectivity index (χ2v) is 6.64. The molecule has 1 amide bonds. The van der Waals surface area contributed by atoms with Crippen molar-refractivity contribution in [2.75, 3.05) is 20.3 Å². The molecule has 6 heteroatoms. The molecule has 0 heterocycles. The minimum absolute atomic E-state index is 0.0344. The summed E-state index contributed by atoms with van der Waals surface area (Å²) in [6.45, 7) is 1.40. The maximum atomic E-state index is 12.2. The van der Waals surface area contributed by atoms with Crippen LogP contribution in [-0.4, -0.2) is 26.2 Å². The normalized spacial score (nSPS) is 10.9. The Morgan fingerprint density at radius 2 is 1.96 bits per heavy atom. The van der Waals surface area contributed by atoms with E-state index < -0.39 is 5.91 Å². The quantitative estimate of drug-likeness (QED) is 0.370. The highest BCUT2D eigenvalue weighted by Crippen LogP contribution is 2.22. The monoisotopic (exact) mass is 428 g/mol. The third kappa shape index (κ3) is 6.89. The summed E-state index contributed by atoms with van der Waals surface area (Å²) < 4.78 is 11.8. The molecule has 0 saturated carbocycles. The Labute approximate surface area is 167 Å². The van der Waals surface area contributed by atoms with Gasteiger partial charge in [0, 0.05) is 30.3 Å². The summed E-state index contributed by atoms with van der Waals surface area (Å²) in [5.74, 6) is 0.205. The van der Waals surface area contributed by atoms with Crippen molar-refractivity contribution in [3.63, 3.8) is 0 Å². The molecule has 2 aromatic carbocycles. The molecule has 0 aliphatic heterocycles. The second-order valence-electron chi connectivity index (χ2n) is 5.73. The number of amides is 1. The molecular formula is C21H21BrN2O3. The van der Waals surface area contributed by atoms with E-state index in [4.69, 9.17) is 9.47 Å². The lowest BCUT2D eigenvalue weighted by atomic mass is 10.1. The summed E-state index contributed by atoms with van der Waals surface area (Å²) in [6.07, 6.45) is 2.23. The number of methoxy groups -OCH3 is 1. The third-order valence-corrected chi connectivity index (χ3v) is 4.23. The zero-order valence-corrected chi connectivity index (χ0v) is 16.7. The summed E-state index contributed by atoms with van der Waals surface area (Å²) in [7, 11) is 1.60. The van der Waals surface area contributed by atoms with Crippen LogP contribution in [-0.2, 0) is 16.1 Å². The van der Waals surface area contributed by atoms with Crippen molar-refractivity contribution in [3.8, 4) is 11.8 Å². The lowest BCUT2D eigenvalue weighted by Gasteiger charge is -2.10. The number of nitrogens with zero attached hydrogens (tertiary/aromatic N) is 1. The summed E-state index contributed by atoms with van der Waals surface area (Å²) >= 11 is 3.40. The van der Waals surface area contributed by atoms with Gasteiger partial charge in [-0.3, -0.25) is 4.79 Å². The van der Waals surface area contributed by atoms with Gasteiger partial charge in [-0.05, 0) is 36.3 Å². The Bertz CT molecular complexity index is 826. The van der Waals surface area contributed by atoms with Gasteiger partial charge in [0.25, 0.3) is 5.91 Å². The van der Waals surface area contributed by atoms with Gasteiger partial charge in [0.1, 0.15) is 24.0 Å². The molecule has 0 aromatic heterocycles. The number of ether oxygens (including phenoxy) is 2. The van der Waals surface area contributed by atoms with Crippen LogP contribution < -0.4 is 10.1 Å². The molecule has 5 nitrogen and oxygen atoms in total. The zero-order chi connectivity index (χ0) is 19.5. The van der Waals surface area contributed by atoms with Crippen LogP contribution in [0.3, 0.4) is 0 Å². The number of carbonyl (C=O) groups excluding carboxylic acids is 1. The highest BCUT2D eigenvalue weighted by atomic mass is 79.9. The van der Waals surface area contributed by atoms with E-state index in [1.807, 2.05) is 54.6 Å². The van der Waals surface area contributed by atoms with E-state index in [0.717, 1.165) is 10.0 Å². The summed E-state index contributed by atoms with van der Waals surface area (Å²) in [5, 5.41) is 12.1. The van der Waals surface area contributed by atoms with E-state index in [1.54, 1.807) is 13.2 Å². The average molecular weight is 429 g/mol. The zero-order valence-electron chi connectivity index (χ0n) is 15.1. The number of rotatable bonds is 9. The van der Waals surface area contributed by atoms with Crippen molar-refractivity contribution in [1.29, 1.82) is 5.26 Å². The Kier molecular flexibility index (Phi) is 8.56. The van der Waals surface area contributed by atoms with Crippen molar-refractivity contribution >= 4 is 27.9 Å². The molecule has 2 rings (SSSR count). The van der Waals surface area contributed by atoms with Crippen molar-refractivity contribution in [3.05, 3.63) is 69.7 Å². The number of nitrogens with one attached hydrogen (secondary N) is 1. The molecule has 1 N–H and O–H groups in total. The summed E-state index contributed by atoms with van der Waals surface area (Å²) in [6, 6.07) is 17.1. The van der Waals surface area contributed by atoms with Crippen LogP contribution in [0.5, 0.6) is 5.75 Å². The molecule has 0 spiro atoms. The van der Waals surface area contributed by atoms with Gasteiger partial charge in [0.15, 0.2) is 0 Å². The maximum Gasteiger partial charge on any atom is 0.261 e. The number of hydrogen-bond acceptors (Lipinski definition) is 4. The van der Waals surface area contributed by atoms with Crippen LogP contribution in [0.25, 0.3) is 6.08 Å². The van der Waals surface area contributed by atoms with Gasteiger partial charge in [-0.15, -0.1) is 0 Å². The lowest BCUT2D eigenvalue weighted by Crippen LogP contribution is -2.26. The van der Waals surface area contributed by atoms with Crippen molar-refractivity contribution in [2.45, 2.75) is 13.0 Å². The molecule has 2 aromatic rings. The van der Waals surface area contributed by atoms with Gasteiger partial charge in [-0.2, -0.15) is 5.26 Å². The Morgan fingerprint density at radius 1 is 1.22 bits per heavy atom. The third-order valence-electron chi connectivity index (χ3n) is 3.70. The van der Waals surface area contributed by atoms with Gasteiger partial charge >= 0.3 is 0 Å². The minimum atomic E-state index is -0.406. The van der Waals surface area contributed by atoms with E-state index >= 15 is 0 Å². The number of carbonyl (C=O) groups is 1. The van der Waals surface area contributed by atoms with E-state index in [-0.39, 0.29) is 5.57 Å². The van der Waals surface area contributed by atoms with Crippen LogP contribution in [0.4, 0.5) is 0 Å². The summed E-state index contributed by atoms with van der Waals surface area (Å²) in [4.78, 5) is 12.2. The first-order valence-corrected chi connectivity index (χ1v) is 9.28. The first-order valence-electron chi connectivity index (χ1n) is 8.49. The lowest BCUT2D eigenvalue weighted by molar-refractivity contribution is -0.117. The molecule has 0 radical (unpaired) electrons. The smallest absolute Gasteiger partial charge is 0.261 e. The standard InChI is InChI=1S/C21H21BrN2O3/c1-26-12-4-11-24-21(25)18(14-23)13-17-5-2-3-6-20(17)27-15-16-7-9-19(22)10-8-16/h2-3,5-10,13H,4,11-12,15H2,1H3,(H,24,25)/b18-13+. The minimum Gasteiger partial charge on any atom is -0.488 e. The maximum absolute atomic E-state index is 12.2. The van der Waals surface area contributed by atoms with E-state index in [1.165, 1.54) is 0 Å². The molecule has 0 saturated heterocycles. The van der Waals surface area contributed by atoms with E-state index in [2.05, 4.69) is 21.2 Å². The van der Waals surface area contributed by atoms with E-state index in [9.17, 15) is 10.1 Å². The van der Waals surface area contributed by atoms with Gasteiger partial charge in [-0.25, -0.2) is 0 Å². The van der Waals surface area contributed by atoms with Gasteiger partial charge in [0.2, 0.25) is 0 Å². The molecule has 0 unspecified atom stereocenters. The van der Waals surface area contributed by atoms with Crippen LogP contribution in [0.15, 0.2) is 58.6 Å². The predicted molar refractivity (Wildman–Crippen MR) is 108 cm³/mol. The fourth-order valence-electron chi connectivity index (χ4n) is 2.29. The Hall–Kier alpha value is -2.62. The average Bonchev–Trinajstić information content (AvgIpc) is 2.69. The van der Waals surface area contributed by atoms with Crippen molar-refractivity contribution < 1.29 is 14.3 Å². The number of benzene rings is 2. The molecule has 0 aliphatic carbocycles. The molecule has 140 valence electrons. The SMILES string of the molecule is COCCCNC(=O)/C(C#N)=C/c1ccccc1OCc1ccc(Br)cc1. The topological polar surface area (TPSA) is 71.3 Å². The molecule has 0 aliphatic rings. The fraction of sp³-hybridized carbons (Fsp3) is 0.238. The van der Waals surface area contributed by atoms with Crippen LogP contribution >= 0.6 is 15.9 Å². The highest BCUT2D eigenvalue weighted by Gasteiger charge is 2.10. The van der Waals surface area contributed by atoms with Gasteiger partial charge in [-0.1, -0.05) is 46.3 Å². The van der Waals surface area contributed by atoms with Crippen LogP contribution in [0, 0.1) is 11.3 Å². The first kappa shape index (κ1) is 20.7. The van der Waals surface area contributed by atoms with Crippen molar-refractivity contribution in [1.82, 2.24) is 5.32 Å². The molecule has 0 atom stereocenters. The molecule has 27 heavy (non-hydrogen) atoms. The number of nitriles is 1. The van der Waals surface area contributed by atoms with Gasteiger partial charge in [0.05, 0.1) is 0 Å².